The van der Waals surface area contributed by atoms with Gasteiger partial charge in [-0.1, -0.05) is 38.0 Å². The molecule has 1 saturated heterocycles. The van der Waals surface area contributed by atoms with Crippen LogP contribution in [0.5, 0.6) is 17.2 Å². The summed E-state index contributed by atoms with van der Waals surface area (Å²) >= 11 is 0. The summed E-state index contributed by atoms with van der Waals surface area (Å²) in [6, 6.07) is 17.7. The van der Waals surface area contributed by atoms with Crippen molar-refractivity contribution in [3.05, 3.63) is 54.6 Å². The zero-order valence-corrected chi connectivity index (χ0v) is 17.9. The molecular weight excluding hydrogens is 362 g/mol. The summed E-state index contributed by atoms with van der Waals surface area (Å²) in [4.78, 5) is 2.56. The molecule has 0 amide bonds. The van der Waals surface area contributed by atoms with Crippen LogP contribution >= 0.6 is 0 Å². The van der Waals surface area contributed by atoms with Crippen molar-refractivity contribution in [2.24, 2.45) is 5.92 Å². The predicted molar refractivity (Wildman–Crippen MR) is 118 cm³/mol. The maximum absolute atomic E-state index is 5.99. The number of methoxy groups -OCH3 is 1. The van der Waals surface area contributed by atoms with Gasteiger partial charge in [0.2, 0.25) is 0 Å². The molecule has 0 aliphatic carbocycles. The van der Waals surface area contributed by atoms with Gasteiger partial charge >= 0.3 is 0 Å². The number of benzene rings is 2. The SMILES string of the molecule is CCCCCN1CC[C@H](CCOc2ccc(Oc3ccccc3)cc2)[C@H](OC)C1. The van der Waals surface area contributed by atoms with Crippen LogP contribution in [0.2, 0.25) is 0 Å². The Bertz CT molecular complexity index is 689. The quantitative estimate of drug-likeness (QED) is 0.450. The zero-order valence-electron chi connectivity index (χ0n) is 17.9. The van der Waals surface area contributed by atoms with E-state index in [1.165, 1.54) is 38.8 Å². The highest BCUT2D eigenvalue weighted by Gasteiger charge is 2.28. The molecule has 0 radical (unpaired) electrons. The first kappa shape index (κ1) is 21.7. The number of rotatable bonds is 11. The summed E-state index contributed by atoms with van der Waals surface area (Å²) in [7, 11) is 1.85. The van der Waals surface area contributed by atoms with Crippen LogP contribution in [0.4, 0.5) is 0 Å². The molecule has 0 aromatic heterocycles. The summed E-state index contributed by atoms with van der Waals surface area (Å²) in [5.41, 5.74) is 0. The van der Waals surface area contributed by atoms with E-state index in [9.17, 15) is 0 Å². The van der Waals surface area contributed by atoms with Gasteiger partial charge in [0.15, 0.2) is 0 Å². The average molecular weight is 398 g/mol. The van der Waals surface area contributed by atoms with Crippen molar-refractivity contribution in [1.29, 1.82) is 0 Å². The Morgan fingerprint density at radius 2 is 1.66 bits per heavy atom. The fourth-order valence-electron chi connectivity index (χ4n) is 3.97. The highest BCUT2D eigenvalue weighted by atomic mass is 16.5. The Kier molecular flexibility index (Phi) is 8.84. The van der Waals surface area contributed by atoms with Gasteiger partial charge in [-0.25, -0.2) is 0 Å². The number of ether oxygens (including phenoxy) is 3. The van der Waals surface area contributed by atoms with Gasteiger partial charge in [-0.3, -0.25) is 0 Å². The van der Waals surface area contributed by atoms with Crippen LogP contribution in [-0.2, 0) is 4.74 Å². The zero-order chi connectivity index (χ0) is 20.3. The first-order chi connectivity index (χ1) is 14.3. The molecule has 0 saturated carbocycles. The Morgan fingerprint density at radius 1 is 0.931 bits per heavy atom. The number of unbranched alkanes of at least 4 members (excludes halogenated alkanes) is 2. The van der Waals surface area contributed by atoms with Gasteiger partial charge < -0.3 is 19.1 Å². The summed E-state index contributed by atoms with van der Waals surface area (Å²) < 4.78 is 17.6. The molecule has 0 N–H and O–H groups in total. The average Bonchev–Trinajstić information content (AvgIpc) is 2.76. The molecule has 1 aliphatic heterocycles. The van der Waals surface area contributed by atoms with E-state index < -0.39 is 0 Å². The molecule has 2 aromatic carbocycles. The number of hydrogen-bond acceptors (Lipinski definition) is 4. The molecule has 0 spiro atoms. The molecule has 3 rings (SSSR count). The van der Waals surface area contributed by atoms with Crippen molar-refractivity contribution in [3.63, 3.8) is 0 Å². The molecule has 0 bridgehead atoms. The van der Waals surface area contributed by atoms with Gasteiger partial charge in [-0.15, -0.1) is 0 Å². The van der Waals surface area contributed by atoms with Crippen molar-refractivity contribution in [3.8, 4) is 17.2 Å². The number of nitrogens with zero attached hydrogens (tertiary/aromatic N) is 1. The van der Waals surface area contributed by atoms with E-state index >= 15 is 0 Å². The third-order valence-corrected chi connectivity index (χ3v) is 5.72. The molecule has 158 valence electrons. The van der Waals surface area contributed by atoms with Gasteiger partial charge in [-0.05, 0) is 74.7 Å². The van der Waals surface area contributed by atoms with E-state index in [1.807, 2.05) is 61.7 Å². The lowest BCUT2D eigenvalue weighted by Crippen LogP contribution is -2.45. The number of likely N-dealkylation sites (tertiary alicyclic amines) is 1. The Hall–Kier alpha value is -2.04. The minimum atomic E-state index is 0.315. The molecule has 1 heterocycles. The molecular formula is C25H35NO3. The maximum Gasteiger partial charge on any atom is 0.127 e. The summed E-state index contributed by atoms with van der Waals surface area (Å²) in [5, 5.41) is 0. The largest absolute Gasteiger partial charge is 0.494 e. The lowest BCUT2D eigenvalue weighted by atomic mass is 9.91. The minimum Gasteiger partial charge on any atom is -0.494 e. The molecule has 1 aliphatic rings. The van der Waals surface area contributed by atoms with Crippen molar-refractivity contribution in [2.45, 2.75) is 45.1 Å². The standard InChI is InChI=1S/C25H35NO3/c1-3-4-8-17-26-18-15-21(25(20-26)27-2)16-19-28-22-11-13-24(14-12-22)29-23-9-6-5-7-10-23/h5-7,9-14,21,25H,3-4,8,15-20H2,1-2H3/t21-,25-/m1/s1. The second-order valence-electron chi connectivity index (χ2n) is 7.85. The Labute approximate surface area is 175 Å². The lowest BCUT2D eigenvalue weighted by Gasteiger charge is -2.37. The molecule has 4 nitrogen and oxygen atoms in total. The molecule has 29 heavy (non-hydrogen) atoms. The first-order valence-electron chi connectivity index (χ1n) is 11.0. The number of piperidine rings is 1. The Morgan fingerprint density at radius 3 is 2.38 bits per heavy atom. The van der Waals surface area contributed by atoms with Gasteiger partial charge in [-0.2, -0.15) is 0 Å². The smallest absolute Gasteiger partial charge is 0.127 e. The monoisotopic (exact) mass is 397 g/mol. The fraction of sp³-hybridized carbons (Fsp3) is 0.520. The van der Waals surface area contributed by atoms with E-state index in [2.05, 4.69) is 11.8 Å². The van der Waals surface area contributed by atoms with E-state index in [1.54, 1.807) is 0 Å². The van der Waals surface area contributed by atoms with Gasteiger partial charge in [0.1, 0.15) is 17.2 Å². The predicted octanol–water partition coefficient (Wildman–Crippen LogP) is 5.77. The lowest BCUT2D eigenvalue weighted by molar-refractivity contribution is -0.0180. The van der Waals surface area contributed by atoms with Gasteiger partial charge in [0, 0.05) is 13.7 Å². The number of para-hydroxylation sites is 1. The third kappa shape index (κ3) is 7.06. The summed E-state index contributed by atoms with van der Waals surface area (Å²) in [6.07, 6.45) is 6.43. The molecule has 0 unspecified atom stereocenters. The second kappa shape index (κ2) is 11.8. The van der Waals surface area contributed by atoms with Crippen molar-refractivity contribution >= 4 is 0 Å². The molecule has 1 fully saturated rings. The summed E-state index contributed by atoms with van der Waals surface area (Å²) in [5.74, 6) is 3.12. The van der Waals surface area contributed by atoms with Crippen LogP contribution in [0.15, 0.2) is 54.6 Å². The van der Waals surface area contributed by atoms with Crippen molar-refractivity contribution in [2.75, 3.05) is 33.4 Å². The topological polar surface area (TPSA) is 30.9 Å². The van der Waals surface area contributed by atoms with Gasteiger partial charge in [0.25, 0.3) is 0 Å². The van der Waals surface area contributed by atoms with E-state index in [-0.39, 0.29) is 0 Å². The van der Waals surface area contributed by atoms with Crippen LogP contribution < -0.4 is 9.47 Å². The van der Waals surface area contributed by atoms with Crippen molar-refractivity contribution < 1.29 is 14.2 Å². The third-order valence-electron chi connectivity index (χ3n) is 5.72. The highest BCUT2D eigenvalue weighted by Crippen LogP contribution is 2.26. The van der Waals surface area contributed by atoms with Gasteiger partial charge in [0.05, 0.1) is 12.7 Å². The maximum atomic E-state index is 5.99. The molecule has 4 heteroatoms. The van der Waals surface area contributed by atoms with Crippen molar-refractivity contribution in [1.82, 2.24) is 4.90 Å². The second-order valence-corrected chi connectivity index (χ2v) is 7.85. The normalized spacial score (nSPS) is 19.8. The number of hydrogen-bond donors (Lipinski definition) is 0. The Balaban J connectivity index is 1.40. The van der Waals surface area contributed by atoms with Crippen LogP contribution in [0.1, 0.15) is 39.0 Å². The van der Waals surface area contributed by atoms with Crippen LogP contribution in [0.25, 0.3) is 0 Å². The van der Waals surface area contributed by atoms with Crippen LogP contribution in [-0.4, -0.2) is 44.4 Å². The van der Waals surface area contributed by atoms with E-state index in [0.29, 0.717) is 12.0 Å². The fourth-order valence-corrected chi connectivity index (χ4v) is 3.97. The first-order valence-corrected chi connectivity index (χ1v) is 11.0. The van der Waals surface area contributed by atoms with E-state index in [0.717, 1.165) is 36.8 Å². The molecule has 2 atom stereocenters. The van der Waals surface area contributed by atoms with Crippen LogP contribution in [0, 0.1) is 5.92 Å². The van der Waals surface area contributed by atoms with E-state index in [4.69, 9.17) is 14.2 Å². The molecule has 2 aromatic rings. The highest BCUT2D eigenvalue weighted by molar-refractivity contribution is 5.35. The minimum absolute atomic E-state index is 0.315. The summed E-state index contributed by atoms with van der Waals surface area (Å²) in [6.45, 7) is 6.41. The van der Waals surface area contributed by atoms with Crippen LogP contribution in [0.3, 0.4) is 0 Å².